The van der Waals surface area contributed by atoms with Crippen molar-refractivity contribution in [3.63, 3.8) is 0 Å². The van der Waals surface area contributed by atoms with Gasteiger partial charge in [-0.3, -0.25) is 4.79 Å². The fourth-order valence-corrected chi connectivity index (χ4v) is 2.09. The van der Waals surface area contributed by atoms with Gasteiger partial charge in [0.2, 0.25) is 5.91 Å². The van der Waals surface area contributed by atoms with Crippen LogP contribution < -0.4 is 10.6 Å². The number of rotatable bonds is 5. The van der Waals surface area contributed by atoms with E-state index >= 15 is 0 Å². The summed E-state index contributed by atoms with van der Waals surface area (Å²) in [5.41, 5.74) is 6.54. The first kappa shape index (κ1) is 14.5. The second-order valence-electron chi connectivity index (χ2n) is 4.51. The molecule has 1 rings (SSSR count). The first-order chi connectivity index (χ1) is 8.43. The minimum Gasteiger partial charge on any atom is -0.368 e. The Balaban J connectivity index is 3.14. The Hall–Kier alpha value is -1.54. The molecular weight excluding hydrogens is 294 g/mol. The molecule has 1 aromatic rings. The van der Waals surface area contributed by atoms with Crippen molar-refractivity contribution in [1.29, 1.82) is 5.26 Å². The van der Waals surface area contributed by atoms with Crippen molar-refractivity contribution >= 4 is 27.5 Å². The van der Waals surface area contributed by atoms with Crippen molar-refractivity contribution < 1.29 is 4.79 Å². The number of nitriles is 1. The second-order valence-corrected chi connectivity index (χ2v) is 5.43. The number of anilines is 1. The summed E-state index contributed by atoms with van der Waals surface area (Å²) < 4.78 is 0.870. The Morgan fingerprint density at radius 2 is 2.22 bits per heavy atom. The van der Waals surface area contributed by atoms with Crippen LogP contribution in [0.4, 0.5) is 5.69 Å². The van der Waals surface area contributed by atoms with Crippen LogP contribution in [0.25, 0.3) is 0 Å². The van der Waals surface area contributed by atoms with Gasteiger partial charge in [-0.15, -0.1) is 0 Å². The Bertz CT molecular complexity index is 480. The van der Waals surface area contributed by atoms with Crippen LogP contribution in [0.15, 0.2) is 22.7 Å². The molecule has 0 saturated heterocycles. The number of hydrogen-bond acceptors (Lipinski definition) is 3. The largest absolute Gasteiger partial charge is 0.368 e. The smallest absolute Gasteiger partial charge is 0.236 e. The van der Waals surface area contributed by atoms with Gasteiger partial charge in [-0.2, -0.15) is 5.26 Å². The Morgan fingerprint density at radius 3 is 2.72 bits per heavy atom. The number of benzene rings is 1. The summed E-state index contributed by atoms with van der Waals surface area (Å²) in [6, 6.07) is 7.51. The van der Waals surface area contributed by atoms with Gasteiger partial charge in [-0.05, 0) is 24.1 Å². The number of nitrogens with zero attached hydrogens (tertiary/aromatic N) is 2. The molecule has 0 aromatic heterocycles. The molecule has 0 heterocycles. The third-order valence-corrected chi connectivity index (χ3v) is 2.85. The first-order valence-corrected chi connectivity index (χ1v) is 6.46. The SMILES string of the molecule is CC(C)CN(CC(N)=O)c1cc(Br)ccc1C#N. The van der Waals surface area contributed by atoms with Gasteiger partial charge in [0.25, 0.3) is 0 Å². The predicted molar refractivity (Wildman–Crippen MR) is 75.1 cm³/mol. The zero-order valence-electron chi connectivity index (χ0n) is 10.5. The topological polar surface area (TPSA) is 70.1 Å². The summed E-state index contributed by atoms with van der Waals surface area (Å²) in [5, 5.41) is 9.12. The van der Waals surface area contributed by atoms with Crippen LogP contribution in [0, 0.1) is 17.2 Å². The van der Waals surface area contributed by atoms with Crippen LogP contribution in [-0.2, 0) is 4.79 Å². The molecule has 0 aliphatic carbocycles. The molecule has 96 valence electrons. The zero-order chi connectivity index (χ0) is 13.7. The summed E-state index contributed by atoms with van der Waals surface area (Å²) in [6.07, 6.45) is 0. The van der Waals surface area contributed by atoms with Gasteiger partial charge in [0.15, 0.2) is 0 Å². The molecule has 5 heteroatoms. The standard InChI is InChI=1S/C13H16BrN3O/c1-9(2)7-17(8-13(16)18)12-5-11(14)4-3-10(12)6-15/h3-5,9H,7-8H2,1-2H3,(H2,16,18). The highest BCUT2D eigenvalue weighted by atomic mass is 79.9. The van der Waals surface area contributed by atoms with Crippen LogP contribution in [0.3, 0.4) is 0 Å². The Morgan fingerprint density at radius 1 is 1.56 bits per heavy atom. The number of nitrogens with two attached hydrogens (primary N) is 1. The highest BCUT2D eigenvalue weighted by molar-refractivity contribution is 9.10. The third-order valence-electron chi connectivity index (χ3n) is 2.35. The normalized spacial score (nSPS) is 10.2. The monoisotopic (exact) mass is 309 g/mol. The van der Waals surface area contributed by atoms with Gasteiger partial charge in [0.05, 0.1) is 17.8 Å². The van der Waals surface area contributed by atoms with Crippen molar-refractivity contribution in [2.45, 2.75) is 13.8 Å². The van der Waals surface area contributed by atoms with Crippen molar-refractivity contribution in [2.24, 2.45) is 11.7 Å². The summed E-state index contributed by atoms with van der Waals surface area (Å²) in [6.45, 7) is 4.90. The van der Waals surface area contributed by atoms with Crippen molar-refractivity contribution in [1.82, 2.24) is 0 Å². The molecule has 4 nitrogen and oxygen atoms in total. The average molecular weight is 310 g/mol. The lowest BCUT2D eigenvalue weighted by molar-refractivity contribution is -0.116. The molecule has 0 aliphatic heterocycles. The van der Waals surface area contributed by atoms with Gasteiger partial charge in [-0.1, -0.05) is 29.8 Å². The van der Waals surface area contributed by atoms with Crippen LogP contribution in [0.1, 0.15) is 19.4 Å². The van der Waals surface area contributed by atoms with E-state index in [4.69, 9.17) is 11.0 Å². The Labute approximate surface area is 116 Å². The number of carbonyl (C=O) groups is 1. The first-order valence-electron chi connectivity index (χ1n) is 5.67. The van der Waals surface area contributed by atoms with E-state index in [0.29, 0.717) is 18.0 Å². The van der Waals surface area contributed by atoms with E-state index in [1.54, 1.807) is 12.1 Å². The van der Waals surface area contributed by atoms with Crippen LogP contribution in [0.2, 0.25) is 0 Å². The predicted octanol–water partition coefficient (Wildman–Crippen LogP) is 2.27. The second kappa shape index (κ2) is 6.41. The summed E-state index contributed by atoms with van der Waals surface area (Å²) in [4.78, 5) is 13.0. The maximum absolute atomic E-state index is 11.1. The van der Waals surface area contributed by atoms with Gasteiger partial charge in [-0.25, -0.2) is 0 Å². The van der Waals surface area contributed by atoms with Gasteiger partial charge >= 0.3 is 0 Å². The molecular formula is C13H16BrN3O. The Kier molecular flexibility index (Phi) is 5.17. The van der Waals surface area contributed by atoms with Crippen LogP contribution in [0.5, 0.6) is 0 Å². The summed E-state index contributed by atoms with van der Waals surface area (Å²) in [5.74, 6) is -0.0330. The lowest BCUT2D eigenvalue weighted by Gasteiger charge is -2.26. The molecule has 0 aliphatic rings. The highest BCUT2D eigenvalue weighted by Gasteiger charge is 2.15. The van der Waals surface area contributed by atoms with Crippen molar-refractivity contribution in [2.75, 3.05) is 18.0 Å². The number of amides is 1. The van der Waals surface area contributed by atoms with Gasteiger partial charge in [0.1, 0.15) is 6.07 Å². The number of carbonyl (C=O) groups excluding carboxylic acids is 1. The number of hydrogen-bond donors (Lipinski definition) is 1. The molecule has 2 N–H and O–H groups in total. The van der Waals surface area contributed by atoms with E-state index in [-0.39, 0.29) is 6.54 Å². The molecule has 0 atom stereocenters. The fourth-order valence-electron chi connectivity index (χ4n) is 1.74. The van der Waals surface area contributed by atoms with Crippen LogP contribution >= 0.6 is 15.9 Å². The van der Waals surface area contributed by atoms with E-state index in [2.05, 4.69) is 35.8 Å². The summed E-state index contributed by atoms with van der Waals surface area (Å²) in [7, 11) is 0. The van der Waals surface area contributed by atoms with E-state index in [9.17, 15) is 4.79 Å². The quantitative estimate of drug-likeness (QED) is 0.907. The van der Waals surface area contributed by atoms with Gasteiger partial charge in [0, 0.05) is 11.0 Å². The maximum Gasteiger partial charge on any atom is 0.236 e. The molecule has 18 heavy (non-hydrogen) atoms. The van der Waals surface area contributed by atoms with E-state index in [1.165, 1.54) is 0 Å². The minimum absolute atomic E-state index is 0.114. The minimum atomic E-state index is -0.403. The highest BCUT2D eigenvalue weighted by Crippen LogP contribution is 2.25. The van der Waals surface area contributed by atoms with Crippen LogP contribution in [-0.4, -0.2) is 19.0 Å². The van der Waals surface area contributed by atoms with E-state index in [1.807, 2.05) is 11.0 Å². The van der Waals surface area contributed by atoms with Crippen molar-refractivity contribution in [3.05, 3.63) is 28.2 Å². The number of primary amides is 1. The lowest BCUT2D eigenvalue weighted by Crippen LogP contribution is -2.36. The molecule has 0 spiro atoms. The maximum atomic E-state index is 11.1. The summed E-state index contributed by atoms with van der Waals surface area (Å²) >= 11 is 3.37. The molecule has 1 amide bonds. The molecule has 1 aromatic carbocycles. The number of halogens is 1. The molecule has 0 bridgehead atoms. The van der Waals surface area contributed by atoms with Crippen molar-refractivity contribution in [3.8, 4) is 6.07 Å². The van der Waals surface area contributed by atoms with E-state index in [0.717, 1.165) is 10.2 Å². The molecule has 0 fully saturated rings. The fraction of sp³-hybridized carbons (Fsp3) is 0.385. The zero-order valence-corrected chi connectivity index (χ0v) is 12.1. The molecule has 0 unspecified atom stereocenters. The van der Waals surface area contributed by atoms with Gasteiger partial charge < -0.3 is 10.6 Å². The molecule has 0 radical (unpaired) electrons. The third kappa shape index (κ3) is 4.04. The lowest BCUT2D eigenvalue weighted by atomic mass is 10.1. The average Bonchev–Trinajstić information content (AvgIpc) is 2.26. The van der Waals surface area contributed by atoms with E-state index < -0.39 is 5.91 Å². The molecule has 0 saturated carbocycles.